The Balaban J connectivity index is 1.42. The molecular formula is C25H29N5O2S. The summed E-state index contributed by atoms with van der Waals surface area (Å²) in [6.45, 7) is 6.72. The number of aryl methyl sites for hydroxylation is 3. The molecule has 1 N–H and O–H groups in total. The molecule has 1 atom stereocenters. The fourth-order valence-corrected chi connectivity index (χ4v) is 4.87. The minimum atomic E-state index is -0.116. The van der Waals surface area contributed by atoms with Gasteiger partial charge in [0, 0.05) is 24.8 Å². The Hall–Kier alpha value is -3.13. The van der Waals surface area contributed by atoms with E-state index in [0.717, 1.165) is 41.0 Å². The van der Waals surface area contributed by atoms with Crippen molar-refractivity contribution >= 4 is 29.3 Å². The summed E-state index contributed by atoms with van der Waals surface area (Å²) < 4.78 is 1.90. The summed E-state index contributed by atoms with van der Waals surface area (Å²) in [5.74, 6) is 0.914. The number of nitrogens with one attached hydrogen (secondary N) is 1. The highest BCUT2D eigenvalue weighted by Gasteiger charge is 2.34. The maximum atomic E-state index is 13.1. The fraction of sp³-hybridized carbons (Fsp3) is 0.360. The molecule has 172 valence electrons. The average molecular weight is 464 g/mol. The second-order valence-corrected chi connectivity index (χ2v) is 9.52. The van der Waals surface area contributed by atoms with E-state index in [1.807, 2.05) is 79.8 Å². The van der Waals surface area contributed by atoms with Gasteiger partial charge in [-0.1, -0.05) is 47.2 Å². The predicted molar refractivity (Wildman–Crippen MR) is 130 cm³/mol. The summed E-state index contributed by atoms with van der Waals surface area (Å²) in [7, 11) is 1.90. The van der Waals surface area contributed by atoms with Crippen LogP contribution < -0.4 is 5.32 Å². The molecule has 0 radical (unpaired) electrons. The fourth-order valence-electron chi connectivity index (χ4n) is 4.15. The molecule has 8 heteroatoms. The Bertz CT molecular complexity index is 1170. The van der Waals surface area contributed by atoms with Crippen LogP contribution >= 0.6 is 11.8 Å². The maximum Gasteiger partial charge on any atom is 0.254 e. The standard InChI is InChI=1S/C25H29N5O2S/c1-16-7-10-19(11-8-16)24(32)30-13-5-6-21(30)23-27-28-25(29(23)4)33-15-22(31)26-20-12-9-17(2)14-18(20)3/h7-12,14,21H,5-6,13,15H2,1-4H3,(H,26,31). The number of thioether (sulfide) groups is 1. The minimum Gasteiger partial charge on any atom is -0.328 e. The summed E-state index contributed by atoms with van der Waals surface area (Å²) in [6.07, 6.45) is 1.78. The number of nitrogens with zero attached hydrogens (tertiary/aromatic N) is 4. The first-order valence-electron chi connectivity index (χ1n) is 11.1. The van der Waals surface area contributed by atoms with Gasteiger partial charge >= 0.3 is 0 Å². The zero-order valence-electron chi connectivity index (χ0n) is 19.5. The molecule has 0 bridgehead atoms. The van der Waals surface area contributed by atoms with Crippen molar-refractivity contribution < 1.29 is 9.59 Å². The summed E-state index contributed by atoms with van der Waals surface area (Å²) in [4.78, 5) is 27.5. The van der Waals surface area contributed by atoms with Crippen LogP contribution in [0.15, 0.2) is 47.6 Å². The van der Waals surface area contributed by atoms with Crippen LogP contribution in [0.3, 0.4) is 0 Å². The molecule has 33 heavy (non-hydrogen) atoms. The second-order valence-electron chi connectivity index (χ2n) is 8.58. The van der Waals surface area contributed by atoms with E-state index in [1.165, 1.54) is 11.8 Å². The minimum absolute atomic E-state index is 0.0162. The Morgan fingerprint density at radius 3 is 2.52 bits per heavy atom. The molecule has 7 nitrogen and oxygen atoms in total. The number of carbonyl (C=O) groups is 2. The number of rotatable bonds is 6. The summed E-state index contributed by atoms with van der Waals surface area (Å²) >= 11 is 1.34. The van der Waals surface area contributed by atoms with Gasteiger partial charge in [0.15, 0.2) is 11.0 Å². The van der Waals surface area contributed by atoms with Crippen molar-refractivity contribution in [3.8, 4) is 0 Å². The van der Waals surface area contributed by atoms with Crippen LogP contribution in [-0.2, 0) is 11.8 Å². The van der Waals surface area contributed by atoms with Gasteiger partial charge in [0.25, 0.3) is 5.91 Å². The second kappa shape index (κ2) is 9.79. The zero-order chi connectivity index (χ0) is 23.5. The average Bonchev–Trinajstić information content (AvgIpc) is 3.41. The third-order valence-corrected chi connectivity index (χ3v) is 6.99. The number of anilines is 1. The van der Waals surface area contributed by atoms with Gasteiger partial charge in [0.05, 0.1) is 11.8 Å². The Labute approximate surface area is 198 Å². The lowest BCUT2D eigenvalue weighted by Gasteiger charge is -2.24. The topological polar surface area (TPSA) is 80.1 Å². The molecule has 1 saturated heterocycles. The number of carbonyl (C=O) groups excluding carboxylic acids is 2. The van der Waals surface area contributed by atoms with Gasteiger partial charge in [-0.15, -0.1) is 10.2 Å². The molecule has 4 rings (SSSR count). The van der Waals surface area contributed by atoms with Crippen LogP contribution in [0.1, 0.15) is 51.8 Å². The van der Waals surface area contributed by atoms with E-state index in [9.17, 15) is 9.59 Å². The third-order valence-electron chi connectivity index (χ3n) is 5.97. The van der Waals surface area contributed by atoms with Gasteiger partial charge in [-0.2, -0.15) is 0 Å². The van der Waals surface area contributed by atoms with E-state index in [2.05, 4.69) is 15.5 Å². The first-order valence-corrected chi connectivity index (χ1v) is 12.1. The quantitative estimate of drug-likeness (QED) is 0.547. The molecule has 0 aliphatic carbocycles. The SMILES string of the molecule is Cc1ccc(C(=O)N2CCCC2c2nnc(SCC(=O)Nc3ccc(C)cc3C)n2C)cc1. The van der Waals surface area contributed by atoms with Crippen LogP contribution in [0.4, 0.5) is 5.69 Å². The van der Waals surface area contributed by atoms with Crippen LogP contribution in [-0.4, -0.2) is 43.8 Å². The van der Waals surface area contributed by atoms with Crippen molar-refractivity contribution in [1.29, 1.82) is 0 Å². The van der Waals surface area contributed by atoms with Gasteiger partial charge in [-0.3, -0.25) is 9.59 Å². The normalized spacial score (nSPS) is 15.6. The molecule has 0 saturated carbocycles. The molecule has 2 heterocycles. The number of amides is 2. The molecule has 2 amide bonds. The third kappa shape index (κ3) is 5.11. The van der Waals surface area contributed by atoms with E-state index >= 15 is 0 Å². The van der Waals surface area contributed by atoms with Crippen molar-refractivity contribution in [3.63, 3.8) is 0 Å². The summed E-state index contributed by atoms with van der Waals surface area (Å²) in [5, 5.41) is 12.3. The first kappa shape index (κ1) is 23.0. The lowest BCUT2D eigenvalue weighted by molar-refractivity contribution is -0.113. The van der Waals surface area contributed by atoms with Crippen LogP contribution in [0.5, 0.6) is 0 Å². The Morgan fingerprint density at radius 2 is 1.79 bits per heavy atom. The molecule has 0 spiro atoms. The molecule has 1 aromatic heterocycles. The summed E-state index contributed by atoms with van der Waals surface area (Å²) in [6, 6.07) is 13.5. The van der Waals surface area contributed by atoms with Crippen molar-refractivity contribution in [2.75, 3.05) is 17.6 Å². The highest BCUT2D eigenvalue weighted by atomic mass is 32.2. The van der Waals surface area contributed by atoms with Gasteiger partial charge < -0.3 is 14.8 Å². The maximum absolute atomic E-state index is 13.1. The van der Waals surface area contributed by atoms with E-state index < -0.39 is 0 Å². The number of hydrogen-bond acceptors (Lipinski definition) is 5. The zero-order valence-corrected chi connectivity index (χ0v) is 20.3. The lowest BCUT2D eigenvalue weighted by atomic mass is 10.1. The van der Waals surface area contributed by atoms with Crippen molar-refractivity contribution in [1.82, 2.24) is 19.7 Å². The molecule has 1 fully saturated rings. The predicted octanol–water partition coefficient (Wildman–Crippen LogP) is 4.45. The van der Waals surface area contributed by atoms with E-state index in [-0.39, 0.29) is 23.6 Å². The first-order chi connectivity index (χ1) is 15.8. The Morgan fingerprint density at radius 1 is 1.06 bits per heavy atom. The molecule has 1 aliphatic heterocycles. The molecular weight excluding hydrogens is 434 g/mol. The molecule has 2 aromatic carbocycles. The van der Waals surface area contributed by atoms with Gasteiger partial charge in [0.1, 0.15) is 0 Å². The summed E-state index contributed by atoms with van der Waals surface area (Å²) in [5.41, 5.74) is 4.83. The van der Waals surface area contributed by atoms with Crippen LogP contribution in [0.2, 0.25) is 0 Å². The number of likely N-dealkylation sites (tertiary alicyclic amines) is 1. The number of aromatic nitrogens is 3. The highest BCUT2D eigenvalue weighted by molar-refractivity contribution is 7.99. The van der Waals surface area contributed by atoms with Gasteiger partial charge in [-0.05, 0) is 57.4 Å². The van der Waals surface area contributed by atoms with Crippen LogP contribution in [0, 0.1) is 20.8 Å². The molecule has 1 aliphatic rings. The van der Waals surface area contributed by atoms with Crippen molar-refractivity contribution in [3.05, 3.63) is 70.5 Å². The smallest absolute Gasteiger partial charge is 0.254 e. The largest absolute Gasteiger partial charge is 0.328 e. The molecule has 3 aromatic rings. The Kier molecular flexibility index (Phi) is 6.83. The van der Waals surface area contributed by atoms with Crippen molar-refractivity contribution in [2.24, 2.45) is 7.05 Å². The highest BCUT2D eigenvalue weighted by Crippen LogP contribution is 2.33. The van der Waals surface area contributed by atoms with Gasteiger partial charge in [0.2, 0.25) is 5.91 Å². The monoisotopic (exact) mass is 463 g/mol. The molecule has 1 unspecified atom stereocenters. The number of hydrogen-bond donors (Lipinski definition) is 1. The lowest BCUT2D eigenvalue weighted by Crippen LogP contribution is -2.31. The van der Waals surface area contributed by atoms with E-state index in [0.29, 0.717) is 17.3 Å². The number of benzene rings is 2. The van der Waals surface area contributed by atoms with E-state index in [1.54, 1.807) is 0 Å². The van der Waals surface area contributed by atoms with E-state index in [4.69, 9.17) is 0 Å². The van der Waals surface area contributed by atoms with Crippen LogP contribution in [0.25, 0.3) is 0 Å². The van der Waals surface area contributed by atoms with Crippen molar-refractivity contribution in [2.45, 2.75) is 44.8 Å². The van der Waals surface area contributed by atoms with Gasteiger partial charge in [-0.25, -0.2) is 0 Å².